The van der Waals surface area contributed by atoms with Crippen molar-refractivity contribution < 1.29 is 4.74 Å². The van der Waals surface area contributed by atoms with Crippen LogP contribution in [0.3, 0.4) is 0 Å². The summed E-state index contributed by atoms with van der Waals surface area (Å²) in [5.41, 5.74) is 7.29. The molecule has 1 aromatic carbocycles. The third kappa shape index (κ3) is 1.70. The first-order chi connectivity index (χ1) is 7.52. The number of hydrogen-bond acceptors (Lipinski definition) is 2. The van der Waals surface area contributed by atoms with Crippen molar-refractivity contribution in [3.8, 4) is 5.75 Å². The SMILES string of the molecule is COc1cc(Cl)ccc1[C@@H]1[C@@H](CN)C1(C)C. The fourth-order valence-electron chi connectivity index (χ4n) is 2.74. The van der Waals surface area contributed by atoms with Gasteiger partial charge in [0.25, 0.3) is 0 Å². The van der Waals surface area contributed by atoms with Gasteiger partial charge in [-0.3, -0.25) is 0 Å². The van der Waals surface area contributed by atoms with E-state index in [9.17, 15) is 0 Å². The Morgan fingerprint density at radius 3 is 2.62 bits per heavy atom. The summed E-state index contributed by atoms with van der Waals surface area (Å²) in [5.74, 6) is 1.91. The normalized spacial score (nSPS) is 26.6. The Morgan fingerprint density at radius 2 is 2.12 bits per heavy atom. The Bertz CT molecular complexity index is 403. The van der Waals surface area contributed by atoms with Crippen LogP contribution in [-0.2, 0) is 0 Å². The fourth-order valence-corrected chi connectivity index (χ4v) is 2.91. The number of ether oxygens (including phenoxy) is 1. The highest BCUT2D eigenvalue weighted by Crippen LogP contribution is 2.65. The first-order valence-corrected chi connectivity index (χ1v) is 5.93. The van der Waals surface area contributed by atoms with Gasteiger partial charge in [0.2, 0.25) is 0 Å². The van der Waals surface area contributed by atoms with Gasteiger partial charge < -0.3 is 10.5 Å². The lowest BCUT2D eigenvalue weighted by molar-refractivity contribution is 0.407. The fraction of sp³-hybridized carbons (Fsp3) is 0.538. The molecule has 16 heavy (non-hydrogen) atoms. The molecule has 1 aromatic rings. The van der Waals surface area contributed by atoms with Crippen molar-refractivity contribution in [3.05, 3.63) is 28.8 Å². The predicted molar refractivity (Wildman–Crippen MR) is 67.1 cm³/mol. The van der Waals surface area contributed by atoms with Crippen LogP contribution in [0.5, 0.6) is 5.75 Å². The number of nitrogens with two attached hydrogens (primary N) is 1. The van der Waals surface area contributed by atoms with Crippen LogP contribution in [0.1, 0.15) is 25.3 Å². The number of rotatable bonds is 3. The van der Waals surface area contributed by atoms with Crippen LogP contribution in [0.4, 0.5) is 0 Å². The molecule has 0 amide bonds. The van der Waals surface area contributed by atoms with E-state index in [1.54, 1.807) is 7.11 Å². The molecule has 0 spiro atoms. The van der Waals surface area contributed by atoms with Crippen LogP contribution in [-0.4, -0.2) is 13.7 Å². The zero-order chi connectivity index (χ0) is 11.9. The van der Waals surface area contributed by atoms with Crippen molar-refractivity contribution in [3.63, 3.8) is 0 Å². The highest BCUT2D eigenvalue weighted by Gasteiger charge is 2.58. The smallest absolute Gasteiger partial charge is 0.123 e. The number of methoxy groups -OCH3 is 1. The quantitative estimate of drug-likeness (QED) is 0.880. The predicted octanol–water partition coefficient (Wildman–Crippen LogP) is 3.05. The van der Waals surface area contributed by atoms with Crippen LogP contribution >= 0.6 is 11.6 Å². The maximum absolute atomic E-state index is 5.96. The summed E-state index contributed by atoms with van der Waals surface area (Å²) in [4.78, 5) is 0. The molecule has 3 heteroatoms. The topological polar surface area (TPSA) is 35.2 Å². The summed E-state index contributed by atoms with van der Waals surface area (Å²) in [6.45, 7) is 5.23. The second kappa shape index (κ2) is 3.94. The molecule has 0 radical (unpaired) electrons. The molecule has 88 valence electrons. The van der Waals surface area contributed by atoms with E-state index in [-0.39, 0.29) is 5.41 Å². The van der Waals surface area contributed by atoms with E-state index >= 15 is 0 Å². The van der Waals surface area contributed by atoms with Crippen molar-refractivity contribution in [2.45, 2.75) is 19.8 Å². The maximum Gasteiger partial charge on any atom is 0.123 e. The minimum atomic E-state index is 0.274. The average molecular weight is 240 g/mol. The molecule has 2 atom stereocenters. The third-order valence-corrected chi connectivity index (χ3v) is 4.07. The van der Waals surface area contributed by atoms with Crippen LogP contribution < -0.4 is 10.5 Å². The highest BCUT2D eigenvalue weighted by atomic mass is 35.5. The minimum Gasteiger partial charge on any atom is -0.496 e. The molecule has 0 unspecified atom stereocenters. The van der Waals surface area contributed by atoms with E-state index < -0.39 is 0 Å². The Morgan fingerprint density at radius 1 is 1.44 bits per heavy atom. The molecule has 2 nitrogen and oxygen atoms in total. The monoisotopic (exact) mass is 239 g/mol. The molecule has 2 N–H and O–H groups in total. The van der Waals surface area contributed by atoms with Gasteiger partial charge in [-0.15, -0.1) is 0 Å². The van der Waals surface area contributed by atoms with Gasteiger partial charge in [0, 0.05) is 5.02 Å². The molecule has 2 rings (SSSR count). The summed E-state index contributed by atoms with van der Waals surface area (Å²) in [6.07, 6.45) is 0. The van der Waals surface area contributed by atoms with Gasteiger partial charge in [0.15, 0.2) is 0 Å². The van der Waals surface area contributed by atoms with Gasteiger partial charge in [0.05, 0.1) is 7.11 Å². The number of hydrogen-bond donors (Lipinski definition) is 1. The van der Waals surface area contributed by atoms with E-state index in [0.29, 0.717) is 16.9 Å². The summed E-state index contributed by atoms with van der Waals surface area (Å²) < 4.78 is 5.39. The Balaban J connectivity index is 2.35. The maximum atomic E-state index is 5.96. The summed E-state index contributed by atoms with van der Waals surface area (Å²) in [6, 6.07) is 5.85. The second-order valence-corrected chi connectivity index (χ2v) is 5.46. The van der Waals surface area contributed by atoms with Crippen molar-refractivity contribution >= 4 is 11.6 Å². The van der Waals surface area contributed by atoms with E-state index in [0.717, 1.165) is 12.3 Å². The first kappa shape index (κ1) is 11.7. The Kier molecular flexibility index (Phi) is 2.89. The molecular formula is C13H18ClNO. The lowest BCUT2D eigenvalue weighted by Gasteiger charge is -2.10. The highest BCUT2D eigenvalue weighted by molar-refractivity contribution is 6.30. The largest absolute Gasteiger partial charge is 0.496 e. The summed E-state index contributed by atoms with van der Waals surface area (Å²) in [7, 11) is 1.68. The van der Waals surface area contributed by atoms with Gasteiger partial charge in [-0.2, -0.15) is 0 Å². The lowest BCUT2D eigenvalue weighted by Crippen LogP contribution is -2.05. The minimum absolute atomic E-state index is 0.274. The van der Waals surface area contributed by atoms with Crippen molar-refractivity contribution in [1.29, 1.82) is 0 Å². The Labute approximate surface area is 102 Å². The second-order valence-electron chi connectivity index (χ2n) is 5.03. The van der Waals surface area contributed by atoms with E-state index in [4.69, 9.17) is 22.1 Å². The molecule has 0 saturated heterocycles. The zero-order valence-electron chi connectivity index (χ0n) is 9.96. The van der Waals surface area contributed by atoms with E-state index in [1.807, 2.05) is 12.1 Å². The average Bonchev–Trinajstić information content (AvgIpc) is 2.80. The van der Waals surface area contributed by atoms with Gasteiger partial charge in [-0.25, -0.2) is 0 Å². The summed E-state index contributed by atoms with van der Waals surface area (Å²) in [5, 5.41) is 0.711. The van der Waals surface area contributed by atoms with Gasteiger partial charge in [-0.05, 0) is 41.5 Å². The zero-order valence-corrected chi connectivity index (χ0v) is 10.7. The molecule has 1 saturated carbocycles. The molecule has 1 aliphatic rings. The summed E-state index contributed by atoms with van der Waals surface area (Å²) >= 11 is 5.96. The van der Waals surface area contributed by atoms with Gasteiger partial charge in [0.1, 0.15) is 5.75 Å². The molecule has 1 fully saturated rings. The molecule has 0 aromatic heterocycles. The van der Waals surface area contributed by atoms with Crippen LogP contribution in [0.25, 0.3) is 0 Å². The Hall–Kier alpha value is -0.730. The van der Waals surface area contributed by atoms with Crippen LogP contribution in [0, 0.1) is 11.3 Å². The number of halogens is 1. The van der Waals surface area contributed by atoms with Crippen LogP contribution in [0.15, 0.2) is 18.2 Å². The standard InChI is InChI=1S/C13H18ClNO/c1-13(2)10(7-15)12(13)9-5-4-8(14)6-11(9)16-3/h4-6,10,12H,7,15H2,1-3H3/t10-,12-/m1/s1. The molecular weight excluding hydrogens is 222 g/mol. The van der Waals surface area contributed by atoms with E-state index in [1.165, 1.54) is 5.56 Å². The van der Waals surface area contributed by atoms with Crippen LogP contribution in [0.2, 0.25) is 5.02 Å². The molecule has 0 aliphatic heterocycles. The lowest BCUT2D eigenvalue weighted by atomic mass is 10.0. The van der Waals surface area contributed by atoms with Crippen molar-refractivity contribution in [1.82, 2.24) is 0 Å². The molecule has 0 heterocycles. The molecule has 0 bridgehead atoms. The van der Waals surface area contributed by atoms with E-state index in [2.05, 4.69) is 19.9 Å². The third-order valence-electron chi connectivity index (χ3n) is 3.83. The van der Waals surface area contributed by atoms with Gasteiger partial charge >= 0.3 is 0 Å². The first-order valence-electron chi connectivity index (χ1n) is 5.56. The number of benzene rings is 1. The molecule has 1 aliphatic carbocycles. The van der Waals surface area contributed by atoms with Gasteiger partial charge in [-0.1, -0.05) is 31.5 Å². The van der Waals surface area contributed by atoms with Crippen molar-refractivity contribution in [2.75, 3.05) is 13.7 Å². The van der Waals surface area contributed by atoms with Crippen molar-refractivity contribution in [2.24, 2.45) is 17.1 Å².